The summed E-state index contributed by atoms with van der Waals surface area (Å²) < 4.78 is 0. The van der Waals surface area contributed by atoms with Crippen LogP contribution in [0, 0.1) is 0 Å². The first kappa shape index (κ1) is 13.7. The Morgan fingerprint density at radius 1 is 1.43 bits per heavy atom. The van der Waals surface area contributed by atoms with Gasteiger partial charge in [-0.3, -0.25) is 4.79 Å². The van der Waals surface area contributed by atoms with Gasteiger partial charge in [0.2, 0.25) is 5.91 Å². The summed E-state index contributed by atoms with van der Waals surface area (Å²) in [4.78, 5) is 11.2. The average molecular weight is 222 g/mol. The number of carbonyl (C=O) groups excluding carboxylic acids is 1. The maximum Gasteiger partial charge on any atom is 0.234 e. The minimum absolute atomic E-state index is 0. The van der Waals surface area contributed by atoms with E-state index < -0.39 is 0 Å². The van der Waals surface area contributed by atoms with Crippen molar-refractivity contribution in [1.29, 1.82) is 0 Å². The first-order valence-corrected chi connectivity index (χ1v) is 4.93. The topological polar surface area (TPSA) is 67.2 Å². The molecule has 0 bridgehead atoms. The van der Waals surface area contributed by atoms with Gasteiger partial charge in [0.1, 0.15) is 0 Å². The summed E-state index contributed by atoms with van der Waals surface area (Å²) in [6.07, 6.45) is 4.43. The molecule has 2 atom stereocenters. The van der Waals surface area contributed by atoms with Crippen molar-refractivity contribution >= 4 is 18.3 Å². The van der Waals surface area contributed by atoms with E-state index in [4.69, 9.17) is 5.73 Å². The predicted octanol–water partition coefficient (Wildman–Crippen LogP) is 0.0137. The van der Waals surface area contributed by atoms with Gasteiger partial charge in [0.15, 0.2) is 0 Å². The Kier molecular flexibility index (Phi) is 6.87. The van der Waals surface area contributed by atoms with E-state index >= 15 is 0 Å². The molecule has 1 saturated carbocycles. The monoisotopic (exact) mass is 221 g/mol. The van der Waals surface area contributed by atoms with Crippen molar-refractivity contribution < 1.29 is 4.79 Å². The lowest BCUT2D eigenvalue weighted by molar-refractivity contribution is -0.121. The molecular weight excluding hydrogens is 202 g/mol. The molecule has 1 rings (SSSR count). The molecule has 1 aliphatic carbocycles. The SMILES string of the molecule is CNCC(=O)NC1CCCCC1N.Cl. The minimum Gasteiger partial charge on any atom is -0.351 e. The van der Waals surface area contributed by atoms with E-state index in [9.17, 15) is 4.79 Å². The van der Waals surface area contributed by atoms with E-state index in [2.05, 4.69) is 10.6 Å². The summed E-state index contributed by atoms with van der Waals surface area (Å²) in [6.45, 7) is 0.378. The summed E-state index contributed by atoms with van der Waals surface area (Å²) in [5.41, 5.74) is 5.89. The van der Waals surface area contributed by atoms with Crippen LogP contribution >= 0.6 is 12.4 Å². The fourth-order valence-electron chi connectivity index (χ4n) is 1.76. The van der Waals surface area contributed by atoms with Gasteiger partial charge in [0, 0.05) is 12.1 Å². The Morgan fingerprint density at radius 3 is 2.64 bits per heavy atom. The van der Waals surface area contributed by atoms with Gasteiger partial charge in [0.05, 0.1) is 6.54 Å². The number of halogens is 1. The molecule has 2 unspecified atom stereocenters. The van der Waals surface area contributed by atoms with Gasteiger partial charge in [-0.1, -0.05) is 12.8 Å². The molecule has 0 aromatic heterocycles. The summed E-state index contributed by atoms with van der Waals surface area (Å²) in [6, 6.07) is 0.337. The van der Waals surface area contributed by atoms with Crippen LogP contribution in [0.3, 0.4) is 0 Å². The smallest absolute Gasteiger partial charge is 0.234 e. The highest BCUT2D eigenvalue weighted by atomic mass is 35.5. The Balaban J connectivity index is 0.00000169. The molecule has 14 heavy (non-hydrogen) atoms. The second-order valence-electron chi connectivity index (χ2n) is 3.65. The van der Waals surface area contributed by atoms with Crippen molar-refractivity contribution in [2.75, 3.05) is 13.6 Å². The molecule has 1 fully saturated rings. The van der Waals surface area contributed by atoms with Crippen molar-refractivity contribution in [3.63, 3.8) is 0 Å². The van der Waals surface area contributed by atoms with E-state index in [1.54, 1.807) is 7.05 Å². The van der Waals surface area contributed by atoms with Gasteiger partial charge in [-0.15, -0.1) is 12.4 Å². The third kappa shape index (κ3) is 4.26. The number of nitrogens with one attached hydrogen (secondary N) is 2. The Hall–Kier alpha value is -0.320. The van der Waals surface area contributed by atoms with Crippen molar-refractivity contribution in [3.8, 4) is 0 Å². The molecule has 0 aliphatic heterocycles. The van der Waals surface area contributed by atoms with E-state index in [1.165, 1.54) is 12.8 Å². The van der Waals surface area contributed by atoms with Gasteiger partial charge in [-0.05, 0) is 19.9 Å². The first-order valence-electron chi connectivity index (χ1n) is 4.93. The van der Waals surface area contributed by atoms with Gasteiger partial charge in [0.25, 0.3) is 0 Å². The van der Waals surface area contributed by atoms with Crippen LogP contribution in [-0.4, -0.2) is 31.6 Å². The highest BCUT2D eigenvalue weighted by Gasteiger charge is 2.22. The van der Waals surface area contributed by atoms with Crippen LogP contribution < -0.4 is 16.4 Å². The second kappa shape index (κ2) is 7.04. The first-order chi connectivity index (χ1) is 6.24. The highest BCUT2D eigenvalue weighted by molar-refractivity contribution is 5.85. The summed E-state index contributed by atoms with van der Waals surface area (Å²) in [5, 5.41) is 5.76. The Labute approximate surface area is 91.4 Å². The summed E-state index contributed by atoms with van der Waals surface area (Å²) in [7, 11) is 1.76. The molecule has 84 valence electrons. The summed E-state index contributed by atoms with van der Waals surface area (Å²) in [5.74, 6) is 0.0462. The molecule has 0 aromatic rings. The molecule has 4 nitrogen and oxygen atoms in total. The molecule has 1 aliphatic rings. The fourth-order valence-corrected chi connectivity index (χ4v) is 1.76. The van der Waals surface area contributed by atoms with E-state index in [0.717, 1.165) is 12.8 Å². The average Bonchev–Trinajstić information content (AvgIpc) is 2.09. The fraction of sp³-hybridized carbons (Fsp3) is 0.889. The van der Waals surface area contributed by atoms with Crippen molar-refractivity contribution in [2.24, 2.45) is 5.73 Å². The maximum atomic E-state index is 11.2. The molecule has 4 N–H and O–H groups in total. The molecule has 0 aromatic carbocycles. The quantitative estimate of drug-likeness (QED) is 0.629. The molecule has 1 amide bonds. The highest BCUT2D eigenvalue weighted by Crippen LogP contribution is 2.16. The lowest BCUT2D eigenvalue weighted by Crippen LogP contribution is -2.50. The third-order valence-corrected chi connectivity index (χ3v) is 2.50. The molecule has 0 radical (unpaired) electrons. The summed E-state index contributed by atoms with van der Waals surface area (Å²) >= 11 is 0. The van der Waals surface area contributed by atoms with Gasteiger partial charge >= 0.3 is 0 Å². The number of hydrogen-bond acceptors (Lipinski definition) is 3. The van der Waals surface area contributed by atoms with Crippen LogP contribution in [0.25, 0.3) is 0 Å². The van der Waals surface area contributed by atoms with Crippen LogP contribution in [-0.2, 0) is 4.79 Å². The van der Waals surface area contributed by atoms with Gasteiger partial charge in [-0.25, -0.2) is 0 Å². The molecule has 0 saturated heterocycles. The number of likely N-dealkylation sites (N-methyl/N-ethyl adjacent to an activating group) is 1. The number of amides is 1. The van der Waals surface area contributed by atoms with Crippen molar-refractivity contribution in [1.82, 2.24) is 10.6 Å². The van der Waals surface area contributed by atoms with Crippen LogP contribution in [0.15, 0.2) is 0 Å². The van der Waals surface area contributed by atoms with Crippen LogP contribution in [0.5, 0.6) is 0 Å². The largest absolute Gasteiger partial charge is 0.351 e. The number of rotatable bonds is 3. The lowest BCUT2D eigenvalue weighted by Gasteiger charge is -2.29. The molecule has 5 heteroatoms. The third-order valence-electron chi connectivity index (χ3n) is 2.50. The Bertz CT molecular complexity index is 177. The number of nitrogens with two attached hydrogens (primary N) is 1. The zero-order valence-electron chi connectivity index (χ0n) is 8.58. The molecular formula is C9H20ClN3O. The van der Waals surface area contributed by atoms with Crippen molar-refractivity contribution in [3.05, 3.63) is 0 Å². The van der Waals surface area contributed by atoms with Crippen LogP contribution in [0.1, 0.15) is 25.7 Å². The minimum atomic E-state index is 0. The van der Waals surface area contributed by atoms with E-state index in [0.29, 0.717) is 6.54 Å². The number of carbonyl (C=O) groups is 1. The molecule has 0 spiro atoms. The number of hydrogen-bond donors (Lipinski definition) is 3. The van der Waals surface area contributed by atoms with Crippen molar-refractivity contribution in [2.45, 2.75) is 37.8 Å². The standard InChI is InChI=1S/C9H19N3O.ClH/c1-11-6-9(13)12-8-5-3-2-4-7(8)10;/h7-8,11H,2-6,10H2,1H3,(H,12,13);1H. The van der Waals surface area contributed by atoms with E-state index in [1.807, 2.05) is 0 Å². The van der Waals surface area contributed by atoms with E-state index in [-0.39, 0.29) is 30.4 Å². The van der Waals surface area contributed by atoms with Crippen LogP contribution in [0.2, 0.25) is 0 Å². The van der Waals surface area contributed by atoms with Gasteiger partial charge < -0.3 is 16.4 Å². The second-order valence-corrected chi connectivity index (χ2v) is 3.65. The zero-order chi connectivity index (χ0) is 9.68. The molecule has 0 heterocycles. The van der Waals surface area contributed by atoms with Crippen LogP contribution in [0.4, 0.5) is 0 Å². The predicted molar refractivity (Wildman–Crippen MR) is 59.5 cm³/mol. The zero-order valence-corrected chi connectivity index (χ0v) is 9.40. The van der Waals surface area contributed by atoms with Gasteiger partial charge in [-0.2, -0.15) is 0 Å². The lowest BCUT2D eigenvalue weighted by atomic mass is 9.91. The maximum absolute atomic E-state index is 11.2. The normalized spacial score (nSPS) is 26.4. The Morgan fingerprint density at radius 2 is 2.07 bits per heavy atom.